The van der Waals surface area contributed by atoms with Crippen LogP contribution in [0.1, 0.15) is 45.7 Å². The summed E-state index contributed by atoms with van der Waals surface area (Å²) in [7, 11) is 0. The molecule has 0 fully saturated rings. The number of ether oxygens (including phenoxy) is 1. The van der Waals surface area contributed by atoms with Gasteiger partial charge in [0, 0.05) is 5.71 Å². The van der Waals surface area contributed by atoms with E-state index >= 15 is 0 Å². The fourth-order valence-electron chi connectivity index (χ4n) is 1.56. The van der Waals surface area contributed by atoms with Gasteiger partial charge < -0.3 is 4.74 Å². The second-order valence-corrected chi connectivity index (χ2v) is 6.07. The summed E-state index contributed by atoms with van der Waals surface area (Å²) < 4.78 is 5.38. The third-order valence-corrected chi connectivity index (χ3v) is 2.38. The van der Waals surface area contributed by atoms with E-state index in [9.17, 15) is 4.79 Å². The van der Waals surface area contributed by atoms with Crippen LogP contribution in [0.2, 0.25) is 0 Å². The maximum atomic E-state index is 12.2. The number of benzene rings is 1. The molecular weight excluding hydrogens is 252 g/mol. The van der Waals surface area contributed by atoms with Crippen molar-refractivity contribution in [2.75, 3.05) is 0 Å². The van der Waals surface area contributed by atoms with E-state index in [1.807, 2.05) is 65.8 Å². The fraction of sp³-hybridized carbons (Fsp3) is 0.500. The Morgan fingerprint density at radius 3 is 2.20 bits per heavy atom. The van der Waals surface area contributed by atoms with Crippen molar-refractivity contribution in [1.29, 1.82) is 0 Å². The van der Waals surface area contributed by atoms with Crippen molar-refractivity contribution < 1.29 is 9.53 Å². The van der Waals surface area contributed by atoms with E-state index in [-0.39, 0.29) is 0 Å². The van der Waals surface area contributed by atoms with Crippen molar-refractivity contribution >= 4 is 11.8 Å². The van der Waals surface area contributed by atoms with Crippen LogP contribution in [0, 0.1) is 6.92 Å². The zero-order chi connectivity index (χ0) is 15.3. The SMILES string of the molecule is CC(C)=NN(Cc1ccc(C)cc1)C(=O)OC(C)(C)C. The first kappa shape index (κ1) is 16.2. The highest BCUT2D eigenvalue weighted by Crippen LogP contribution is 2.14. The zero-order valence-electron chi connectivity index (χ0n) is 13.2. The topological polar surface area (TPSA) is 41.9 Å². The molecule has 0 bridgehead atoms. The van der Waals surface area contributed by atoms with Crippen molar-refractivity contribution in [3.63, 3.8) is 0 Å². The molecule has 0 saturated carbocycles. The van der Waals surface area contributed by atoms with Crippen LogP contribution in [0.3, 0.4) is 0 Å². The molecule has 1 aromatic carbocycles. The van der Waals surface area contributed by atoms with E-state index in [1.165, 1.54) is 10.6 Å². The second kappa shape index (κ2) is 6.55. The lowest BCUT2D eigenvalue weighted by molar-refractivity contribution is 0.0238. The third kappa shape index (κ3) is 5.87. The first-order valence-electron chi connectivity index (χ1n) is 6.75. The molecule has 4 nitrogen and oxygen atoms in total. The van der Waals surface area contributed by atoms with Gasteiger partial charge in [0.2, 0.25) is 0 Å². The summed E-state index contributed by atoms with van der Waals surface area (Å²) >= 11 is 0. The van der Waals surface area contributed by atoms with Crippen molar-refractivity contribution in [3.8, 4) is 0 Å². The van der Waals surface area contributed by atoms with Crippen molar-refractivity contribution in [2.24, 2.45) is 5.10 Å². The molecule has 0 aromatic heterocycles. The molecule has 0 N–H and O–H groups in total. The molecule has 1 amide bonds. The predicted octanol–water partition coefficient (Wildman–Crippen LogP) is 4.13. The molecule has 1 rings (SSSR count). The Labute approximate surface area is 121 Å². The van der Waals surface area contributed by atoms with Crippen LogP contribution in [0.4, 0.5) is 4.79 Å². The molecule has 1 aromatic rings. The maximum absolute atomic E-state index is 12.2. The van der Waals surface area contributed by atoms with Gasteiger partial charge in [0.05, 0.1) is 6.54 Å². The summed E-state index contributed by atoms with van der Waals surface area (Å²) in [4.78, 5) is 12.2. The zero-order valence-corrected chi connectivity index (χ0v) is 13.2. The van der Waals surface area contributed by atoms with Crippen LogP contribution in [0.5, 0.6) is 0 Å². The minimum Gasteiger partial charge on any atom is -0.442 e. The quantitative estimate of drug-likeness (QED) is 0.615. The highest BCUT2D eigenvalue weighted by atomic mass is 16.6. The normalized spacial score (nSPS) is 10.9. The van der Waals surface area contributed by atoms with Crippen LogP contribution in [0.25, 0.3) is 0 Å². The number of aryl methyl sites for hydroxylation is 1. The number of carbonyl (C=O) groups excluding carboxylic acids is 1. The number of carbonyl (C=O) groups is 1. The number of nitrogens with zero attached hydrogens (tertiary/aromatic N) is 2. The van der Waals surface area contributed by atoms with Gasteiger partial charge in [-0.05, 0) is 47.1 Å². The average molecular weight is 276 g/mol. The molecule has 0 aliphatic heterocycles. The van der Waals surface area contributed by atoms with E-state index in [4.69, 9.17) is 4.74 Å². The van der Waals surface area contributed by atoms with Gasteiger partial charge in [0.15, 0.2) is 0 Å². The minimum atomic E-state index is -0.528. The first-order chi connectivity index (χ1) is 9.17. The summed E-state index contributed by atoms with van der Waals surface area (Å²) in [5.41, 5.74) is 2.49. The van der Waals surface area contributed by atoms with Gasteiger partial charge >= 0.3 is 6.09 Å². The lowest BCUT2D eigenvalue weighted by Gasteiger charge is -2.24. The van der Waals surface area contributed by atoms with Gasteiger partial charge in [-0.2, -0.15) is 10.1 Å². The van der Waals surface area contributed by atoms with E-state index in [2.05, 4.69) is 5.10 Å². The molecule has 110 valence electrons. The van der Waals surface area contributed by atoms with E-state index in [0.29, 0.717) is 6.54 Å². The summed E-state index contributed by atoms with van der Waals surface area (Å²) in [6.45, 7) is 11.7. The molecule has 0 unspecified atom stereocenters. The number of rotatable bonds is 3. The van der Waals surface area contributed by atoms with Crippen molar-refractivity contribution in [2.45, 2.75) is 53.7 Å². The molecule has 0 aliphatic rings. The molecule has 0 aliphatic carbocycles. The van der Waals surface area contributed by atoms with Crippen molar-refractivity contribution in [1.82, 2.24) is 5.01 Å². The predicted molar refractivity (Wildman–Crippen MR) is 81.7 cm³/mol. The summed E-state index contributed by atoms with van der Waals surface area (Å²) in [6, 6.07) is 8.02. The fourth-order valence-corrected chi connectivity index (χ4v) is 1.56. The number of amides is 1. The van der Waals surface area contributed by atoms with Crippen molar-refractivity contribution in [3.05, 3.63) is 35.4 Å². The van der Waals surface area contributed by atoms with E-state index in [1.54, 1.807) is 0 Å². The lowest BCUT2D eigenvalue weighted by atomic mass is 10.1. The Kier molecular flexibility index (Phi) is 5.31. The van der Waals surface area contributed by atoms with Crippen LogP contribution >= 0.6 is 0 Å². The highest BCUT2D eigenvalue weighted by molar-refractivity contribution is 5.80. The molecule has 4 heteroatoms. The smallest absolute Gasteiger partial charge is 0.431 e. The molecule has 0 heterocycles. The third-order valence-electron chi connectivity index (χ3n) is 2.38. The van der Waals surface area contributed by atoms with E-state index < -0.39 is 11.7 Å². The molecule has 0 saturated heterocycles. The summed E-state index contributed by atoms with van der Waals surface area (Å²) in [5.74, 6) is 0. The Morgan fingerprint density at radius 2 is 1.75 bits per heavy atom. The first-order valence-corrected chi connectivity index (χ1v) is 6.75. The van der Waals surface area contributed by atoms with Gasteiger partial charge in [0.1, 0.15) is 5.60 Å². The molecule has 0 radical (unpaired) electrons. The Bertz CT molecular complexity index is 480. The van der Waals surface area contributed by atoms with Gasteiger partial charge in [0.25, 0.3) is 0 Å². The summed E-state index contributed by atoms with van der Waals surface area (Å²) in [5, 5.41) is 5.62. The summed E-state index contributed by atoms with van der Waals surface area (Å²) in [6.07, 6.45) is -0.431. The molecule has 20 heavy (non-hydrogen) atoms. The lowest BCUT2D eigenvalue weighted by Crippen LogP contribution is -2.33. The monoisotopic (exact) mass is 276 g/mol. The standard InChI is InChI=1S/C16H24N2O2/c1-12(2)17-18(15(19)20-16(4,5)6)11-14-9-7-13(3)8-10-14/h7-10H,11H2,1-6H3. The molecule has 0 atom stereocenters. The van der Waals surface area contributed by atoms with Crippen LogP contribution in [-0.2, 0) is 11.3 Å². The average Bonchev–Trinajstić information content (AvgIpc) is 2.28. The Balaban J connectivity index is 2.87. The largest absolute Gasteiger partial charge is 0.442 e. The van der Waals surface area contributed by atoms with Crippen LogP contribution in [0.15, 0.2) is 29.4 Å². The Morgan fingerprint density at radius 1 is 1.20 bits per heavy atom. The van der Waals surface area contributed by atoms with Gasteiger partial charge in [-0.3, -0.25) is 0 Å². The van der Waals surface area contributed by atoms with E-state index in [0.717, 1.165) is 11.3 Å². The Hall–Kier alpha value is -1.84. The van der Waals surface area contributed by atoms with Crippen LogP contribution in [-0.4, -0.2) is 22.4 Å². The second-order valence-electron chi connectivity index (χ2n) is 6.07. The number of hydrazone groups is 1. The minimum absolute atomic E-state index is 0.403. The van der Waals surface area contributed by atoms with Crippen LogP contribution < -0.4 is 0 Å². The number of hydrogen-bond donors (Lipinski definition) is 0. The molecule has 0 spiro atoms. The van der Waals surface area contributed by atoms with Gasteiger partial charge in [-0.25, -0.2) is 4.79 Å². The highest BCUT2D eigenvalue weighted by Gasteiger charge is 2.22. The molecular formula is C16H24N2O2. The number of hydrogen-bond acceptors (Lipinski definition) is 3. The van der Waals surface area contributed by atoms with Gasteiger partial charge in [-0.1, -0.05) is 29.8 Å². The van der Waals surface area contributed by atoms with Gasteiger partial charge in [-0.15, -0.1) is 0 Å². The maximum Gasteiger partial charge on any atom is 0.431 e.